The van der Waals surface area contributed by atoms with Gasteiger partial charge in [0.1, 0.15) is 6.61 Å². The molecule has 0 aliphatic rings. The third-order valence-electron chi connectivity index (χ3n) is 2.11. The Hall–Kier alpha value is -1.40. The minimum Gasteiger partial charge on any atom is -0.369 e. The zero-order valence-corrected chi connectivity index (χ0v) is 11.5. The van der Waals surface area contributed by atoms with Crippen LogP contribution < -0.4 is 5.32 Å². The van der Waals surface area contributed by atoms with E-state index in [1.807, 2.05) is 13.8 Å². The summed E-state index contributed by atoms with van der Waals surface area (Å²) in [6.07, 6.45) is 1.13. The first-order valence-electron chi connectivity index (χ1n) is 5.50. The zero-order chi connectivity index (χ0) is 13.8. The molecule has 100 valence electrons. The van der Waals surface area contributed by atoms with E-state index in [1.165, 1.54) is 12.1 Å². The lowest BCUT2D eigenvalue weighted by Gasteiger charge is -2.08. The largest absolute Gasteiger partial charge is 0.369 e. The van der Waals surface area contributed by atoms with Crippen LogP contribution in [0.2, 0.25) is 0 Å². The van der Waals surface area contributed by atoms with Gasteiger partial charge >= 0.3 is 0 Å². The lowest BCUT2D eigenvalue weighted by Crippen LogP contribution is -2.20. The summed E-state index contributed by atoms with van der Waals surface area (Å²) >= 11 is 0. The molecule has 1 aromatic rings. The number of carbonyl (C=O) groups is 1. The van der Waals surface area contributed by atoms with E-state index in [0.717, 1.165) is 6.26 Å². The van der Waals surface area contributed by atoms with E-state index in [0.29, 0.717) is 5.69 Å². The van der Waals surface area contributed by atoms with E-state index in [-0.39, 0.29) is 23.5 Å². The number of amides is 1. The standard InChI is InChI=1S/C12H17NO4S/c1-9(2)17-8-12(14)13-10-4-6-11(7-5-10)18(3,15)16/h4-7,9H,8H2,1-3H3,(H,13,14). The van der Waals surface area contributed by atoms with Gasteiger partial charge in [0.25, 0.3) is 0 Å². The number of anilines is 1. The molecule has 0 aliphatic carbocycles. The lowest BCUT2D eigenvalue weighted by atomic mass is 10.3. The van der Waals surface area contributed by atoms with Crippen LogP contribution in [0, 0.1) is 0 Å². The molecule has 0 saturated heterocycles. The van der Waals surface area contributed by atoms with Crippen LogP contribution in [-0.2, 0) is 19.4 Å². The highest BCUT2D eigenvalue weighted by Gasteiger charge is 2.08. The van der Waals surface area contributed by atoms with Gasteiger partial charge in [-0.25, -0.2) is 8.42 Å². The molecule has 18 heavy (non-hydrogen) atoms. The molecule has 0 saturated carbocycles. The van der Waals surface area contributed by atoms with Gasteiger partial charge in [-0.15, -0.1) is 0 Å². The van der Waals surface area contributed by atoms with Crippen molar-refractivity contribution < 1.29 is 17.9 Å². The normalized spacial score (nSPS) is 11.6. The Labute approximate surface area is 107 Å². The summed E-state index contributed by atoms with van der Waals surface area (Å²) in [7, 11) is -3.21. The van der Waals surface area contributed by atoms with Gasteiger partial charge in [-0.05, 0) is 38.1 Å². The predicted octanol–water partition coefficient (Wildman–Crippen LogP) is 1.45. The van der Waals surface area contributed by atoms with Gasteiger partial charge < -0.3 is 10.1 Å². The number of nitrogens with one attached hydrogen (secondary N) is 1. The molecule has 0 atom stereocenters. The molecular formula is C12H17NO4S. The Morgan fingerprint density at radius 1 is 1.28 bits per heavy atom. The summed E-state index contributed by atoms with van der Waals surface area (Å²) in [6.45, 7) is 3.66. The van der Waals surface area contributed by atoms with Crippen LogP contribution in [0.25, 0.3) is 0 Å². The highest BCUT2D eigenvalue weighted by atomic mass is 32.2. The van der Waals surface area contributed by atoms with Crippen molar-refractivity contribution in [3.05, 3.63) is 24.3 Å². The van der Waals surface area contributed by atoms with Crippen molar-refractivity contribution in [2.45, 2.75) is 24.8 Å². The summed E-state index contributed by atoms with van der Waals surface area (Å²) in [5, 5.41) is 2.62. The summed E-state index contributed by atoms with van der Waals surface area (Å²) in [4.78, 5) is 11.7. The Kier molecular flexibility index (Phi) is 4.86. The van der Waals surface area contributed by atoms with E-state index >= 15 is 0 Å². The van der Waals surface area contributed by atoms with E-state index in [9.17, 15) is 13.2 Å². The molecule has 0 heterocycles. The molecule has 0 radical (unpaired) electrons. The minimum absolute atomic E-state index is 0.0108. The van der Waals surface area contributed by atoms with Gasteiger partial charge in [0.05, 0.1) is 11.0 Å². The molecule has 0 fully saturated rings. The fourth-order valence-electron chi connectivity index (χ4n) is 1.22. The van der Waals surface area contributed by atoms with Gasteiger partial charge in [0.2, 0.25) is 5.91 Å². The molecule has 6 heteroatoms. The molecule has 1 aromatic carbocycles. The predicted molar refractivity (Wildman–Crippen MR) is 69.3 cm³/mol. The van der Waals surface area contributed by atoms with E-state index < -0.39 is 9.84 Å². The molecule has 1 N–H and O–H groups in total. The second-order valence-corrected chi connectivity index (χ2v) is 6.22. The summed E-state index contributed by atoms with van der Waals surface area (Å²) < 4.78 is 27.6. The highest BCUT2D eigenvalue weighted by Crippen LogP contribution is 2.13. The lowest BCUT2D eigenvalue weighted by molar-refractivity contribution is -0.121. The molecule has 0 bridgehead atoms. The third-order valence-corrected chi connectivity index (χ3v) is 3.24. The first-order chi connectivity index (χ1) is 8.29. The molecular weight excluding hydrogens is 254 g/mol. The number of hydrogen-bond acceptors (Lipinski definition) is 4. The first-order valence-corrected chi connectivity index (χ1v) is 7.40. The van der Waals surface area contributed by atoms with Crippen LogP contribution in [0.5, 0.6) is 0 Å². The van der Waals surface area contributed by atoms with Crippen LogP contribution in [0.1, 0.15) is 13.8 Å². The number of ether oxygens (including phenoxy) is 1. The smallest absolute Gasteiger partial charge is 0.250 e. The maximum absolute atomic E-state index is 11.4. The van der Waals surface area contributed by atoms with Crippen LogP contribution in [-0.4, -0.2) is 33.3 Å². The maximum atomic E-state index is 11.4. The molecule has 0 spiro atoms. The number of sulfone groups is 1. The van der Waals surface area contributed by atoms with Gasteiger partial charge in [-0.2, -0.15) is 0 Å². The van der Waals surface area contributed by atoms with Gasteiger partial charge in [0, 0.05) is 11.9 Å². The van der Waals surface area contributed by atoms with Crippen LogP contribution >= 0.6 is 0 Å². The van der Waals surface area contributed by atoms with Gasteiger partial charge in [-0.3, -0.25) is 4.79 Å². The SMILES string of the molecule is CC(C)OCC(=O)Nc1ccc(S(C)(=O)=O)cc1. The zero-order valence-electron chi connectivity index (χ0n) is 10.6. The third kappa shape index (κ3) is 4.85. The van der Waals surface area contributed by atoms with Crippen molar-refractivity contribution in [1.29, 1.82) is 0 Å². The molecule has 5 nitrogen and oxygen atoms in total. The maximum Gasteiger partial charge on any atom is 0.250 e. The Bertz CT molecular complexity index is 505. The number of rotatable bonds is 5. The average Bonchev–Trinajstić information content (AvgIpc) is 2.26. The molecule has 1 amide bonds. The summed E-state index contributed by atoms with van der Waals surface area (Å²) in [5.74, 6) is -0.268. The van der Waals surface area contributed by atoms with Crippen molar-refractivity contribution in [2.75, 3.05) is 18.2 Å². The minimum atomic E-state index is -3.21. The van der Waals surface area contributed by atoms with Crippen LogP contribution in [0.4, 0.5) is 5.69 Å². The van der Waals surface area contributed by atoms with Crippen molar-refractivity contribution in [3.63, 3.8) is 0 Å². The topological polar surface area (TPSA) is 72.5 Å². The average molecular weight is 271 g/mol. The quantitative estimate of drug-likeness (QED) is 0.880. The van der Waals surface area contributed by atoms with Crippen LogP contribution in [0.15, 0.2) is 29.2 Å². The fraction of sp³-hybridized carbons (Fsp3) is 0.417. The Morgan fingerprint density at radius 2 is 1.83 bits per heavy atom. The van der Waals surface area contributed by atoms with Crippen LogP contribution in [0.3, 0.4) is 0 Å². The van der Waals surface area contributed by atoms with Crippen molar-refractivity contribution >= 4 is 21.4 Å². The summed E-state index contributed by atoms with van der Waals surface area (Å²) in [6, 6.07) is 6.00. The Morgan fingerprint density at radius 3 is 2.28 bits per heavy atom. The van der Waals surface area contributed by atoms with E-state index in [2.05, 4.69) is 5.32 Å². The second kappa shape index (κ2) is 5.97. The van der Waals surface area contributed by atoms with Crippen molar-refractivity contribution in [2.24, 2.45) is 0 Å². The Balaban J connectivity index is 2.62. The molecule has 0 unspecified atom stereocenters. The van der Waals surface area contributed by atoms with Crippen molar-refractivity contribution in [1.82, 2.24) is 0 Å². The van der Waals surface area contributed by atoms with E-state index in [4.69, 9.17) is 4.74 Å². The molecule has 0 aromatic heterocycles. The van der Waals surface area contributed by atoms with Gasteiger partial charge in [0.15, 0.2) is 9.84 Å². The van der Waals surface area contributed by atoms with Crippen molar-refractivity contribution in [3.8, 4) is 0 Å². The number of carbonyl (C=O) groups excluding carboxylic acids is 1. The highest BCUT2D eigenvalue weighted by molar-refractivity contribution is 7.90. The number of benzene rings is 1. The summed E-state index contributed by atoms with van der Waals surface area (Å²) in [5.41, 5.74) is 0.541. The second-order valence-electron chi connectivity index (χ2n) is 4.20. The molecule has 1 rings (SSSR count). The van der Waals surface area contributed by atoms with E-state index in [1.54, 1.807) is 12.1 Å². The monoisotopic (exact) mass is 271 g/mol. The van der Waals surface area contributed by atoms with Gasteiger partial charge in [-0.1, -0.05) is 0 Å². The number of hydrogen-bond donors (Lipinski definition) is 1. The first kappa shape index (κ1) is 14.7. The molecule has 0 aliphatic heterocycles. The fourth-order valence-corrected chi connectivity index (χ4v) is 1.86.